The molecule has 0 bridgehead atoms. The Bertz CT molecular complexity index is 670. The van der Waals surface area contributed by atoms with E-state index in [-0.39, 0.29) is 12.5 Å². The van der Waals surface area contributed by atoms with Gasteiger partial charge in [0.05, 0.1) is 6.54 Å². The average Bonchev–Trinajstić information content (AvgIpc) is 2.57. The third-order valence-corrected chi connectivity index (χ3v) is 3.05. The van der Waals surface area contributed by atoms with Crippen LogP contribution in [0.25, 0.3) is 0 Å². The minimum absolute atomic E-state index is 0.104. The van der Waals surface area contributed by atoms with Crippen molar-refractivity contribution in [3.05, 3.63) is 59.7 Å². The van der Waals surface area contributed by atoms with Crippen molar-refractivity contribution >= 4 is 12.2 Å². The van der Waals surface area contributed by atoms with Gasteiger partial charge < -0.3 is 14.8 Å². The first-order chi connectivity index (χ1) is 11.2. The van der Waals surface area contributed by atoms with Gasteiger partial charge in [0.25, 0.3) is 5.91 Å². The Labute approximate surface area is 135 Å². The van der Waals surface area contributed by atoms with Crippen LogP contribution in [0.1, 0.15) is 15.9 Å². The summed E-state index contributed by atoms with van der Waals surface area (Å²) in [6.07, 6.45) is 0.732. The van der Waals surface area contributed by atoms with Crippen molar-refractivity contribution in [2.45, 2.75) is 6.92 Å². The van der Waals surface area contributed by atoms with Gasteiger partial charge in [0, 0.05) is 5.56 Å². The molecule has 0 atom stereocenters. The summed E-state index contributed by atoms with van der Waals surface area (Å²) in [5, 5.41) is 2.71. The van der Waals surface area contributed by atoms with Crippen LogP contribution < -0.4 is 14.8 Å². The maximum absolute atomic E-state index is 11.7. The van der Waals surface area contributed by atoms with Gasteiger partial charge in [0.15, 0.2) is 6.61 Å². The van der Waals surface area contributed by atoms with Gasteiger partial charge >= 0.3 is 0 Å². The van der Waals surface area contributed by atoms with Crippen molar-refractivity contribution < 1.29 is 19.1 Å². The molecule has 2 rings (SSSR count). The summed E-state index contributed by atoms with van der Waals surface area (Å²) in [4.78, 5) is 22.3. The molecule has 0 heterocycles. The first-order valence-corrected chi connectivity index (χ1v) is 7.31. The summed E-state index contributed by atoms with van der Waals surface area (Å²) in [5.74, 6) is 1.02. The topological polar surface area (TPSA) is 64.6 Å². The van der Waals surface area contributed by atoms with Crippen LogP contribution in [0.15, 0.2) is 48.5 Å². The molecule has 2 aromatic rings. The maximum atomic E-state index is 11.7. The number of aldehydes is 1. The molecular formula is C18H19NO4. The molecule has 2 aromatic carbocycles. The number of ether oxygens (including phenoxy) is 2. The summed E-state index contributed by atoms with van der Waals surface area (Å²) < 4.78 is 10.9. The SMILES string of the molecule is Cc1cccc(OCCNC(=O)COc2cccc(C=O)c2)c1. The zero-order valence-corrected chi connectivity index (χ0v) is 13.0. The van der Waals surface area contributed by atoms with E-state index in [9.17, 15) is 9.59 Å². The van der Waals surface area contributed by atoms with Crippen molar-refractivity contribution in [1.29, 1.82) is 0 Å². The lowest BCUT2D eigenvalue weighted by Gasteiger charge is -2.09. The monoisotopic (exact) mass is 313 g/mol. The number of nitrogens with one attached hydrogen (secondary N) is 1. The summed E-state index contributed by atoms with van der Waals surface area (Å²) >= 11 is 0. The zero-order valence-electron chi connectivity index (χ0n) is 13.0. The Balaban J connectivity index is 1.66. The van der Waals surface area contributed by atoms with Crippen LogP contribution in [0, 0.1) is 6.92 Å². The van der Waals surface area contributed by atoms with E-state index in [0.29, 0.717) is 24.5 Å². The van der Waals surface area contributed by atoms with E-state index in [2.05, 4.69) is 5.32 Å². The number of carbonyl (C=O) groups is 2. The third kappa shape index (κ3) is 5.82. The predicted molar refractivity (Wildman–Crippen MR) is 87.0 cm³/mol. The molecule has 0 saturated carbocycles. The van der Waals surface area contributed by atoms with Gasteiger partial charge in [-0.2, -0.15) is 0 Å². The molecule has 5 nitrogen and oxygen atoms in total. The number of hydrogen-bond donors (Lipinski definition) is 1. The molecule has 0 spiro atoms. The van der Waals surface area contributed by atoms with E-state index in [0.717, 1.165) is 17.6 Å². The van der Waals surface area contributed by atoms with Crippen molar-refractivity contribution in [1.82, 2.24) is 5.32 Å². The van der Waals surface area contributed by atoms with E-state index in [4.69, 9.17) is 9.47 Å². The molecule has 1 amide bonds. The Morgan fingerprint density at radius 2 is 1.83 bits per heavy atom. The van der Waals surface area contributed by atoms with Crippen LogP contribution >= 0.6 is 0 Å². The lowest BCUT2D eigenvalue weighted by Crippen LogP contribution is -2.32. The molecule has 0 fully saturated rings. The quantitative estimate of drug-likeness (QED) is 0.600. The van der Waals surface area contributed by atoms with Crippen LogP contribution in [0.4, 0.5) is 0 Å². The molecular weight excluding hydrogens is 294 g/mol. The number of aryl methyl sites for hydroxylation is 1. The Kier molecular flexibility index (Phi) is 6.17. The number of rotatable bonds is 8. The van der Waals surface area contributed by atoms with Crippen LogP contribution in [0.3, 0.4) is 0 Å². The first-order valence-electron chi connectivity index (χ1n) is 7.31. The van der Waals surface area contributed by atoms with E-state index in [1.165, 1.54) is 0 Å². The largest absolute Gasteiger partial charge is 0.492 e. The summed E-state index contributed by atoms with van der Waals surface area (Å²) in [6.45, 7) is 2.67. The molecule has 23 heavy (non-hydrogen) atoms. The highest BCUT2D eigenvalue weighted by Gasteiger charge is 2.03. The molecule has 5 heteroatoms. The van der Waals surface area contributed by atoms with Crippen molar-refractivity contribution in [3.63, 3.8) is 0 Å². The summed E-state index contributed by atoms with van der Waals surface area (Å²) in [7, 11) is 0. The average molecular weight is 313 g/mol. The molecule has 0 aliphatic rings. The van der Waals surface area contributed by atoms with Crippen molar-refractivity contribution in [3.8, 4) is 11.5 Å². The minimum atomic E-state index is -0.241. The van der Waals surface area contributed by atoms with E-state index in [1.54, 1.807) is 24.3 Å². The van der Waals surface area contributed by atoms with Gasteiger partial charge in [-0.05, 0) is 36.8 Å². The fourth-order valence-corrected chi connectivity index (χ4v) is 1.94. The van der Waals surface area contributed by atoms with Crippen molar-refractivity contribution in [2.75, 3.05) is 19.8 Å². The minimum Gasteiger partial charge on any atom is -0.492 e. The van der Waals surface area contributed by atoms with E-state index in [1.807, 2.05) is 31.2 Å². The van der Waals surface area contributed by atoms with Crippen LogP contribution in [0.5, 0.6) is 11.5 Å². The van der Waals surface area contributed by atoms with Gasteiger partial charge in [-0.25, -0.2) is 0 Å². The second-order valence-corrected chi connectivity index (χ2v) is 4.99. The highest BCUT2D eigenvalue weighted by atomic mass is 16.5. The molecule has 120 valence electrons. The van der Waals surface area contributed by atoms with Crippen LogP contribution in [0.2, 0.25) is 0 Å². The van der Waals surface area contributed by atoms with Gasteiger partial charge in [-0.15, -0.1) is 0 Å². The lowest BCUT2D eigenvalue weighted by molar-refractivity contribution is -0.123. The smallest absolute Gasteiger partial charge is 0.258 e. The van der Waals surface area contributed by atoms with Gasteiger partial charge in [-0.3, -0.25) is 9.59 Å². The highest BCUT2D eigenvalue weighted by molar-refractivity contribution is 5.78. The van der Waals surface area contributed by atoms with Gasteiger partial charge in [0.1, 0.15) is 24.4 Å². The number of amides is 1. The standard InChI is InChI=1S/C18H19NO4/c1-14-4-2-6-16(10-14)22-9-8-19-18(21)13-23-17-7-3-5-15(11-17)12-20/h2-7,10-12H,8-9,13H2,1H3,(H,19,21). The normalized spacial score (nSPS) is 9.96. The summed E-state index contributed by atoms with van der Waals surface area (Å²) in [6, 6.07) is 14.4. The van der Waals surface area contributed by atoms with E-state index >= 15 is 0 Å². The zero-order chi connectivity index (χ0) is 16.5. The molecule has 0 aromatic heterocycles. The second-order valence-electron chi connectivity index (χ2n) is 4.99. The Hall–Kier alpha value is -2.82. The molecule has 0 saturated heterocycles. The molecule has 0 aliphatic carbocycles. The number of carbonyl (C=O) groups excluding carboxylic acids is 2. The molecule has 0 radical (unpaired) electrons. The summed E-state index contributed by atoms with van der Waals surface area (Å²) in [5.41, 5.74) is 1.63. The van der Waals surface area contributed by atoms with Gasteiger partial charge in [0.2, 0.25) is 0 Å². The lowest BCUT2D eigenvalue weighted by atomic mass is 10.2. The number of benzene rings is 2. The molecule has 1 N–H and O–H groups in total. The Morgan fingerprint density at radius 3 is 2.57 bits per heavy atom. The first kappa shape index (κ1) is 16.5. The van der Waals surface area contributed by atoms with Crippen molar-refractivity contribution in [2.24, 2.45) is 0 Å². The fourth-order valence-electron chi connectivity index (χ4n) is 1.94. The number of hydrogen-bond acceptors (Lipinski definition) is 4. The predicted octanol–water partition coefficient (Wildman–Crippen LogP) is 2.38. The van der Waals surface area contributed by atoms with E-state index < -0.39 is 0 Å². The second kappa shape index (κ2) is 8.58. The van der Waals surface area contributed by atoms with Crippen LogP contribution in [-0.2, 0) is 4.79 Å². The van der Waals surface area contributed by atoms with Gasteiger partial charge in [-0.1, -0.05) is 24.3 Å². The highest BCUT2D eigenvalue weighted by Crippen LogP contribution is 2.12. The fraction of sp³-hybridized carbons (Fsp3) is 0.222. The Morgan fingerprint density at radius 1 is 1.09 bits per heavy atom. The molecule has 0 aliphatic heterocycles. The maximum Gasteiger partial charge on any atom is 0.258 e. The van der Waals surface area contributed by atoms with Crippen LogP contribution in [-0.4, -0.2) is 32.0 Å². The third-order valence-electron chi connectivity index (χ3n) is 3.05. The molecule has 0 unspecified atom stereocenters.